The zero-order valence-electron chi connectivity index (χ0n) is 9.04. The number of carbonyl (C=O) groups excluding carboxylic acids is 2. The molecular formula is C11H12BrNO3. The van der Waals surface area contributed by atoms with Crippen molar-refractivity contribution in [3.05, 3.63) is 28.2 Å². The largest absolute Gasteiger partial charge is 0.469 e. The van der Waals surface area contributed by atoms with Crippen molar-refractivity contribution in [2.24, 2.45) is 0 Å². The lowest BCUT2D eigenvalue weighted by atomic mass is 10.2. The SMILES string of the molecule is COC(=O)CC(=O)Nc1ccc(Br)cc1C. The summed E-state index contributed by atoms with van der Waals surface area (Å²) in [5.74, 6) is -0.926. The number of aryl methyl sites for hydroxylation is 1. The Kier molecular flexibility index (Phi) is 4.49. The van der Waals surface area contributed by atoms with E-state index in [9.17, 15) is 9.59 Å². The second kappa shape index (κ2) is 5.65. The highest BCUT2D eigenvalue weighted by Crippen LogP contribution is 2.20. The maximum atomic E-state index is 11.4. The molecule has 0 bridgehead atoms. The third-order valence-electron chi connectivity index (χ3n) is 2.00. The van der Waals surface area contributed by atoms with Crippen molar-refractivity contribution in [3.8, 4) is 0 Å². The quantitative estimate of drug-likeness (QED) is 0.685. The molecule has 0 unspecified atom stereocenters. The molecule has 1 aromatic carbocycles. The normalized spacial score (nSPS) is 9.69. The van der Waals surface area contributed by atoms with Gasteiger partial charge in [-0.05, 0) is 30.7 Å². The van der Waals surface area contributed by atoms with Gasteiger partial charge in [0.2, 0.25) is 5.91 Å². The Morgan fingerprint density at radius 3 is 2.69 bits per heavy atom. The summed E-state index contributed by atoms with van der Waals surface area (Å²) >= 11 is 3.33. The van der Waals surface area contributed by atoms with Gasteiger partial charge in [-0.1, -0.05) is 15.9 Å². The fraction of sp³-hybridized carbons (Fsp3) is 0.273. The summed E-state index contributed by atoms with van der Waals surface area (Å²) in [6, 6.07) is 5.48. The monoisotopic (exact) mass is 285 g/mol. The first-order chi connectivity index (χ1) is 7.52. The lowest BCUT2D eigenvalue weighted by Gasteiger charge is -2.07. The fourth-order valence-electron chi connectivity index (χ4n) is 1.16. The van der Waals surface area contributed by atoms with E-state index in [-0.39, 0.29) is 12.3 Å². The minimum atomic E-state index is -0.549. The number of rotatable bonds is 3. The van der Waals surface area contributed by atoms with E-state index in [0.717, 1.165) is 10.0 Å². The number of carbonyl (C=O) groups is 2. The molecule has 0 aliphatic heterocycles. The molecule has 0 aliphatic carbocycles. The predicted octanol–water partition coefficient (Wildman–Crippen LogP) is 2.26. The van der Waals surface area contributed by atoms with Crippen LogP contribution in [0.15, 0.2) is 22.7 Å². The summed E-state index contributed by atoms with van der Waals surface area (Å²) in [5.41, 5.74) is 1.62. The van der Waals surface area contributed by atoms with E-state index in [4.69, 9.17) is 0 Å². The molecule has 0 atom stereocenters. The van der Waals surface area contributed by atoms with Crippen molar-refractivity contribution < 1.29 is 14.3 Å². The van der Waals surface area contributed by atoms with Crippen molar-refractivity contribution in [2.45, 2.75) is 13.3 Å². The molecule has 1 amide bonds. The van der Waals surface area contributed by atoms with Gasteiger partial charge in [-0.3, -0.25) is 9.59 Å². The highest BCUT2D eigenvalue weighted by atomic mass is 79.9. The molecular weight excluding hydrogens is 274 g/mol. The number of halogens is 1. The van der Waals surface area contributed by atoms with Gasteiger partial charge < -0.3 is 10.1 Å². The van der Waals surface area contributed by atoms with Crippen LogP contribution in [0.25, 0.3) is 0 Å². The van der Waals surface area contributed by atoms with Gasteiger partial charge in [-0.25, -0.2) is 0 Å². The first-order valence-corrected chi connectivity index (χ1v) is 5.45. The predicted molar refractivity (Wildman–Crippen MR) is 64.1 cm³/mol. The van der Waals surface area contributed by atoms with Crippen LogP contribution >= 0.6 is 15.9 Å². The number of ether oxygens (including phenoxy) is 1. The van der Waals surface area contributed by atoms with E-state index in [0.29, 0.717) is 5.69 Å². The van der Waals surface area contributed by atoms with Crippen LogP contribution in [0.1, 0.15) is 12.0 Å². The van der Waals surface area contributed by atoms with Crippen LogP contribution in [0.2, 0.25) is 0 Å². The van der Waals surface area contributed by atoms with Crippen molar-refractivity contribution in [2.75, 3.05) is 12.4 Å². The second-order valence-corrected chi connectivity index (χ2v) is 4.18. The Hall–Kier alpha value is -1.36. The van der Waals surface area contributed by atoms with E-state index >= 15 is 0 Å². The first-order valence-electron chi connectivity index (χ1n) is 4.65. The number of hydrogen-bond donors (Lipinski definition) is 1. The molecule has 4 nitrogen and oxygen atoms in total. The topological polar surface area (TPSA) is 55.4 Å². The summed E-state index contributed by atoms with van der Waals surface area (Å²) in [7, 11) is 1.25. The van der Waals surface area contributed by atoms with E-state index < -0.39 is 5.97 Å². The molecule has 0 saturated carbocycles. The minimum Gasteiger partial charge on any atom is -0.469 e. The molecule has 16 heavy (non-hydrogen) atoms. The number of esters is 1. The average Bonchev–Trinajstić information content (AvgIpc) is 2.22. The van der Waals surface area contributed by atoms with E-state index in [1.54, 1.807) is 6.07 Å². The lowest BCUT2D eigenvalue weighted by Crippen LogP contribution is -2.17. The molecule has 0 radical (unpaired) electrons. The van der Waals surface area contributed by atoms with Crippen LogP contribution in [0.3, 0.4) is 0 Å². The number of benzene rings is 1. The molecule has 1 aromatic rings. The zero-order chi connectivity index (χ0) is 12.1. The summed E-state index contributed by atoms with van der Waals surface area (Å²) in [6.07, 6.45) is -0.272. The van der Waals surface area contributed by atoms with Crippen LogP contribution in [0.4, 0.5) is 5.69 Å². The van der Waals surface area contributed by atoms with Crippen molar-refractivity contribution >= 4 is 33.5 Å². The standard InChI is InChI=1S/C11H12BrNO3/c1-7-5-8(12)3-4-9(7)13-10(14)6-11(15)16-2/h3-5H,6H2,1-2H3,(H,13,14). The maximum Gasteiger partial charge on any atom is 0.315 e. The van der Waals surface area contributed by atoms with Gasteiger partial charge in [0.15, 0.2) is 0 Å². The maximum absolute atomic E-state index is 11.4. The van der Waals surface area contributed by atoms with Crippen LogP contribution < -0.4 is 5.32 Å². The lowest BCUT2D eigenvalue weighted by molar-refractivity contribution is -0.142. The molecule has 0 aliphatic rings. The molecule has 0 fully saturated rings. The first kappa shape index (κ1) is 12.7. The molecule has 5 heteroatoms. The summed E-state index contributed by atoms with van der Waals surface area (Å²) in [5, 5.41) is 2.64. The summed E-state index contributed by atoms with van der Waals surface area (Å²) in [4.78, 5) is 22.3. The van der Waals surface area contributed by atoms with E-state index in [2.05, 4.69) is 26.0 Å². The number of amides is 1. The van der Waals surface area contributed by atoms with E-state index in [1.807, 2.05) is 19.1 Å². The van der Waals surface area contributed by atoms with Crippen LogP contribution in [0.5, 0.6) is 0 Å². The van der Waals surface area contributed by atoms with Crippen molar-refractivity contribution in [1.82, 2.24) is 0 Å². The van der Waals surface area contributed by atoms with Gasteiger partial charge in [0.25, 0.3) is 0 Å². The Labute approximate surface area is 102 Å². The number of nitrogens with one attached hydrogen (secondary N) is 1. The molecule has 0 spiro atoms. The highest BCUT2D eigenvalue weighted by molar-refractivity contribution is 9.10. The Morgan fingerprint density at radius 2 is 2.12 bits per heavy atom. The summed E-state index contributed by atoms with van der Waals surface area (Å²) in [6.45, 7) is 1.87. The van der Waals surface area contributed by atoms with Crippen LogP contribution in [-0.4, -0.2) is 19.0 Å². The fourth-order valence-corrected chi connectivity index (χ4v) is 1.64. The van der Waals surface area contributed by atoms with Crippen molar-refractivity contribution in [1.29, 1.82) is 0 Å². The molecule has 1 rings (SSSR count). The Morgan fingerprint density at radius 1 is 1.44 bits per heavy atom. The van der Waals surface area contributed by atoms with E-state index in [1.165, 1.54) is 7.11 Å². The van der Waals surface area contributed by atoms with Gasteiger partial charge in [-0.15, -0.1) is 0 Å². The molecule has 1 N–H and O–H groups in total. The van der Waals surface area contributed by atoms with Gasteiger partial charge >= 0.3 is 5.97 Å². The Balaban J connectivity index is 2.66. The zero-order valence-corrected chi connectivity index (χ0v) is 10.6. The van der Waals surface area contributed by atoms with Crippen molar-refractivity contribution in [3.63, 3.8) is 0 Å². The summed E-state index contributed by atoms with van der Waals surface area (Å²) < 4.78 is 5.34. The Bertz CT molecular complexity index is 418. The van der Waals surface area contributed by atoms with Gasteiger partial charge in [-0.2, -0.15) is 0 Å². The number of methoxy groups -OCH3 is 1. The minimum absolute atomic E-state index is 0.272. The molecule has 0 aromatic heterocycles. The van der Waals surface area contributed by atoms with Crippen LogP contribution in [0, 0.1) is 6.92 Å². The van der Waals surface area contributed by atoms with Crippen LogP contribution in [-0.2, 0) is 14.3 Å². The smallest absolute Gasteiger partial charge is 0.315 e. The second-order valence-electron chi connectivity index (χ2n) is 3.26. The number of hydrogen-bond acceptors (Lipinski definition) is 3. The molecule has 0 heterocycles. The van der Waals surface area contributed by atoms with Gasteiger partial charge in [0, 0.05) is 10.2 Å². The number of anilines is 1. The van der Waals surface area contributed by atoms with Gasteiger partial charge in [0.05, 0.1) is 7.11 Å². The van der Waals surface area contributed by atoms with Gasteiger partial charge in [0.1, 0.15) is 6.42 Å². The third kappa shape index (κ3) is 3.66. The average molecular weight is 286 g/mol. The highest BCUT2D eigenvalue weighted by Gasteiger charge is 2.10. The molecule has 0 saturated heterocycles. The molecule has 86 valence electrons. The third-order valence-corrected chi connectivity index (χ3v) is 2.49.